The number of carbonyl (C=O) groups is 1. The maximum absolute atomic E-state index is 12.5. The molecule has 1 N–H and O–H groups in total. The Bertz CT molecular complexity index is 560. The smallest absolute Gasteiger partial charge is 0.315 e. The lowest BCUT2D eigenvalue weighted by molar-refractivity contribution is -0.148. The zero-order valence-electron chi connectivity index (χ0n) is 13.3. The largest absolute Gasteiger partial charge is 0.465 e. The first-order valence-electron chi connectivity index (χ1n) is 8.55. The quantitative estimate of drug-likeness (QED) is 0.858. The molecule has 22 heavy (non-hydrogen) atoms. The van der Waals surface area contributed by atoms with E-state index in [4.69, 9.17) is 10.1 Å². The van der Waals surface area contributed by atoms with Crippen LogP contribution in [-0.4, -0.2) is 18.3 Å². The van der Waals surface area contributed by atoms with Gasteiger partial charge in [0.15, 0.2) is 0 Å². The van der Waals surface area contributed by atoms with Crippen molar-refractivity contribution in [3.8, 4) is 0 Å². The van der Waals surface area contributed by atoms with Crippen LogP contribution < -0.4 is 0 Å². The molecule has 0 spiro atoms. The Kier molecular flexibility index (Phi) is 4.60. The van der Waals surface area contributed by atoms with Gasteiger partial charge in [0, 0.05) is 0 Å². The molecule has 1 aromatic carbocycles. The third kappa shape index (κ3) is 2.81. The van der Waals surface area contributed by atoms with Crippen LogP contribution in [0.5, 0.6) is 0 Å². The highest BCUT2D eigenvalue weighted by Crippen LogP contribution is 2.41. The number of hydrogen-bond acceptors (Lipinski definition) is 3. The summed E-state index contributed by atoms with van der Waals surface area (Å²) in [6, 6.07) is 8.08. The van der Waals surface area contributed by atoms with Crippen molar-refractivity contribution in [2.24, 2.45) is 17.8 Å². The molecule has 0 unspecified atom stereocenters. The van der Waals surface area contributed by atoms with Crippen molar-refractivity contribution in [1.29, 1.82) is 5.41 Å². The average Bonchev–Trinajstić information content (AvgIpc) is 2.55. The van der Waals surface area contributed by atoms with Crippen LogP contribution in [0.1, 0.15) is 50.2 Å². The fraction of sp³-hybridized carbons (Fsp3) is 0.579. The first-order chi connectivity index (χ1) is 10.7. The second-order valence-electron chi connectivity index (χ2n) is 6.57. The van der Waals surface area contributed by atoms with E-state index in [0.717, 1.165) is 12.0 Å². The fourth-order valence-electron chi connectivity index (χ4n) is 4.24. The number of esters is 1. The Morgan fingerprint density at radius 3 is 2.68 bits per heavy atom. The number of carbonyl (C=O) groups excluding carboxylic acids is 1. The number of benzene rings is 1. The standard InChI is InChI=1S/C19H25NO2/c1-2-22-19(21)17-16(13-8-4-3-5-9-13)12-14-10-6-7-11-15(14)18(17)20/h6-7,10-11,13,16-17,20H,2-5,8-9,12H2,1H3/t16-,17-/m1/s1. The van der Waals surface area contributed by atoms with E-state index in [1.165, 1.54) is 37.7 Å². The molecule has 3 rings (SSSR count). The fourth-order valence-corrected chi connectivity index (χ4v) is 4.24. The van der Waals surface area contributed by atoms with Gasteiger partial charge in [0.2, 0.25) is 0 Å². The van der Waals surface area contributed by atoms with Gasteiger partial charge in [0.1, 0.15) is 5.92 Å². The lowest BCUT2D eigenvalue weighted by Crippen LogP contribution is -2.42. The van der Waals surface area contributed by atoms with Gasteiger partial charge in [0.25, 0.3) is 0 Å². The highest BCUT2D eigenvalue weighted by molar-refractivity contribution is 6.12. The summed E-state index contributed by atoms with van der Waals surface area (Å²) in [5, 5.41) is 8.58. The molecule has 0 radical (unpaired) electrons. The van der Waals surface area contributed by atoms with E-state index in [1.807, 2.05) is 25.1 Å². The summed E-state index contributed by atoms with van der Waals surface area (Å²) < 4.78 is 5.31. The van der Waals surface area contributed by atoms with Crippen LogP contribution in [0.3, 0.4) is 0 Å². The monoisotopic (exact) mass is 299 g/mol. The van der Waals surface area contributed by atoms with Gasteiger partial charge in [-0.05, 0) is 36.3 Å². The van der Waals surface area contributed by atoms with Crippen LogP contribution >= 0.6 is 0 Å². The molecule has 0 amide bonds. The molecule has 118 valence electrons. The SMILES string of the molecule is CCOC(=O)[C@H]1C(=N)c2ccccc2C[C@@H]1C1CCCCC1. The van der Waals surface area contributed by atoms with E-state index in [2.05, 4.69) is 6.07 Å². The second-order valence-corrected chi connectivity index (χ2v) is 6.57. The van der Waals surface area contributed by atoms with Crippen LogP contribution in [-0.2, 0) is 16.0 Å². The van der Waals surface area contributed by atoms with E-state index in [0.29, 0.717) is 18.2 Å². The Labute approximate surface area is 132 Å². The molecular formula is C19H25NO2. The van der Waals surface area contributed by atoms with Gasteiger partial charge in [-0.2, -0.15) is 0 Å². The minimum Gasteiger partial charge on any atom is -0.465 e. The zero-order valence-corrected chi connectivity index (χ0v) is 13.3. The van der Waals surface area contributed by atoms with Gasteiger partial charge in [0.05, 0.1) is 12.3 Å². The third-order valence-electron chi connectivity index (χ3n) is 5.30. The highest BCUT2D eigenvalue weighted by atomic mass is 16.5. The third-order valence-corrected chi connectivity index (χ3v) is 5.30. The van der Waals surface area contributed by atoms with E-state index in [-0.39, 0.29) is 17.8 Å². The summed E-state index contributed by atoms with van der Waals surface area (Å²) in [7, 11) is 0. The summed E-state index contributed by atoms with van der Waals surface area (Å²) in [4.78, 5) is 12.5. The van der Waals surface area contributed by atoms with Crippen LogP contribution in [0.25, 0.3) is 0 Å². The van der Waals surface area contributed by atoms with Crippen LogP contribution in [0, 0.1) is 23.2 Å². The number of fused-ring (bicyclic) bond motifs is 1. The molecule has 0 bridgehead atoms. The van der Waals surface area contributed by atoms with Gasteiger partial charge in [-0.3, -0.25) is 4.79 Å². The van der Waals surface area contributed by atoms with Crippen molar-refractivity contribution < 1.29 is 9.53 Å². The number of nitrogens with one attached hydrogen (secondary N) is 1. The van der Waals surface area contributed by atoms with Crippen molar-refractivity contribution in [3.05, 3.63) is 35.4 Å². The number of hydrogen-bond donors (Lipinski definition) is 1. The van der Waals surface area contributed by atoms with Crippen molar-refractivity contribution in [2.45, 2.75) is 45.4 Å². The van der Waals surface area contributed by atoms with Gasteiger partial charge in [-0.15, -0.1) is 0 Å². The molecule has 3 heteroatoms. The molecule has 3 nitrogen and oxygen atoms in total. The van der Waals surface area contributed by atoms with Crippen molar-refractivity contribution in [3.63, 3.8) is 0 Å². The lowest BCUT2D eigenvalue weighted by atomic mass is 9.65. The Morgan fingerprint density at radius 2 is 1.95 bits per heavy atom. The van der Waals surface area contributed by atoms with Crippen LogP contribution in [0.4, 0.5) is 0 Å². The Morgan fingerprint density at radius 1 is 1.23 bits per heavy atom. The minimum absolute atomic E-state index is 0.197. The number of rotatable bonds is 3. The summed E-state index contributed by atoms with van der Waals surface area (Å²) in [6.45, 7) is 2.23. The molecule has 2 aliphatic rings. The summed E-state index contributed by atoms with van der Waals surface area (Å²) in [5.41, 5.74) is 2.63. The first-order valence-corrected chi connectivity index (χ1v) is 8.55. The predicted molar refractivity (Wildman–Crippen MR) is 87.2 cm³/mol. The minimum atomic E-state index is -0.377. The van der Waals surface area contributed by atoms with Gasteiger partial charge < -0.3 is 10.1 Å². The van der Waals surface area contributed by atoms with E-state index < -0.39 is 0 Å². The molecule has 1 fully saturated rings. The lowest BCUT2D eigenvalue weighted by Gasteiger charge is -2.38. The summed E-state index contributed by atoms with van der Waals surface area (Å²) in [6.07, 6.45) is 7.11. The predicted octanol–water partition coefficient (Wildman–Crippen LogP) is 3.99. The molecule has 1 aromatic rings. The second kappa shape index (κ2) is 6.64. The topological polar surface area (TPSA) is 50.2 Å². The Hall–Kier alpha value is -1.64. The van der Waals surface area contributed by atoms with Gasteiger partial charge in [-0.1, -0.05) is 56.4 Å². The zero-order chi connectivity index (χ0) is 15.5. The summed E-state index contributed by atoms with van der Waals surface area (Å²) in [5.74, 6) is 0.217. The molecule has 0 heterocycles. The van der Waals surface area contributed by atoms with Crippen molar-refractivity contribution in [2.75, 3.05) is 6.61 Å². The normalized spacial score (nSPS) is 25.6. The van der Waals surface area contributed by atoms with Crippen molar-refractivity contribution >= 4 is 11.7 Å². The highest BCUT2D eigenvalue weighted by Gasteiger charge is 2.42. The first kappa shape index (κ1) is 15.3. The van der Waals surface area contributed by atoms with Crippen LogP contribution in [0.15, 0.2) is 24.3 Å². The van der Waals surface area contributed by atoms with E-state index in [1.54, 1.807) is 0 Å². The molecule has 2 atom stereocenters. The van der Waals surface area contributed by atoms with Crippen molar-refractivity contribution in [1.82, 2.24) is 0 Å². The van der Waals surface area contributed by atoms with Gasteiger partial charge in [-0.25, -0.2) is 0 Å². The molecule has 2 aliphatic carbocycles. The van der Waals surface area contributed by atoms with Crippen LogP contribution in [0.2, 0.25) is 0 Å². The van der Waals surface area contributed by atoms with E-state index >= 15 is 0 Å². The van der Waals surface area contributed by atoms with Gasteiger partial charge >= 0.3 is 5.97 Å². The number of ether oxygens (including phenoxy) is 1. The average molecular weight is 299 g/mol. The Balaban J connectivity index is 1.94. The van der Waals surface area contributed by atoms with E-state index in [9.17, 15) is 4.79 Å². The summed E-state index contributed by atoms with van der Waals surface area (Å²) >= 11 is 0. The molecular weight excluding hydrogens is 274 g/mol. The maximum atomic E-state index is 12.5. The molecule has 0 saturated heterocycles. The maximum Gasteiger partial charge on any atom is 0.315 e. The molecule has 0 aliphatic heterocycles. The molecule has 1 saturated carbocycles. The molecule has 0 aromatic heterocycles.